The Bertz CT molecular complexity index is 759. The molecule has 0 spiro atoms. The smallest absolute Gasteiger partial charge is 0.361 e. The Hall–Kier alpha value is -2.46. The molecule has 0 bridgehead atoms. The van der Waals surface area contributed by atoms with Gasteiger partial charge in [0.05, 0.1) is 12.0 Å². The van der Waals surface area contributed by atoms with Crippen molar-refractivity contribution in [3.63, 3.8) is 0 Å². The Morgan fingerprint density at radius 3 is 3.00 bits per heavy atom. The highest BCUT2D eigenvalue weighted by atomic mass is 32.2. The molecule has 2 heterocycles. The summed E-state index contributed by atoms with van der Waals surface area (Å²) in [5.74, 6) is -0.665. The van der Waals surface area contributed by atoms with Crippen LogP contribution in [0.2, 0.25) is 0 Å². The number of fused-ring (bicyclic) bond motifs is 2. The molecule has 1 N–H and O–H groups in total. The number of aliphatic hydroxyl groups excluding tert-OH is 1. The van der Waals surface area contributed by atoms with Gasteiger partial charge in [-0.05, 0) is 6.07 Å². The highest BCUT2D eigenvalue weighted by molar-refractivity contribution is 7.99. The van der Waals surface area contributed by atoms with Crippen LogP contribution in [0.25, 0.3) is 0 Å². The molecular weight excluding hydrogens is 300 g/mol. The van der Waals surface area contributed by atoms with Crippen LogP contribution in [-0.4, -0.2) is 38.1 Å². The van der Waals surface area contributed by atoms with Crippen LogP contribution in [0.1, 0.15) is 22.3 Å². The van der Waals surface area contributed by atoms with Crippen molar-refractivity contribution in [3.05, 3.63) is 39.6 Å². The summed E-state index contributed by atoms with van der Waals surface area (Å²) in [6.45, 7) is 0. The number of carbonyl (C=O) groups is 1. The summed E-state index contributed by atoms with van der Waals surface area (Å²) < 4.78 is 5.72. The van der Waals surface area contributed by atoms with Crippen LogP contribution in [0, 0.1) is 10.1 Å². The maximum Gasteiger partial charge on any atom is 0.361 e. The summed E-state index contributed by atoms with van der Waals surface area (Å²) in [5, 5.41) is 28.8. The second kappa shape index (κ2) is 4.82. The zero-order valence-electron chi connectivity index (χ0n) is 10.6. The van der Waals surface area contributed by atoms with Crippen molar-refractivity contribution in [1.29, 1.82) is 0 Å². The SMILES string of the molecule is COC(=O)c1nnn2c1Sc1ccc([N+](=O)[O-])cc1C2O. The lowest BCUT2D eigenvalue weighted by atomic mass is 10.1. The Morgan fingerprint density at radius 2 is 2.33 bits per heavy atom. The van der Waals surface area contributed by atoms with E-state index in [1.165, 1.54) is 25.3 Å². The Labute approximate surface area is 121 Å². The molecule has 1 aromatic carbocycles. The van der Waals surface area contributed by atoms with Crippen LogP contribution in [0.3, 0.4) is 0 Å². The minimum absolute atomic E-state index is 0.00875. The molecule has 1 unspecified atom stereocenters. The maximum absolute atomic E-state index is 11.6. The van der Waals surface area contributed by atoms with Crippen LogP contribution in [0.4, 0.5) is 5.69 Å². The third-order valence-corrected chi connectivity index (χ3v) is 4.12. The second-order valence-corrected chi connectivity index (χ2v) is 5.16. The third kappa shape index (κ3) is 2.04. The molecule has 10 heteroatoms. The standard InChI is InChI=1S/C11H8N4O5S/c1-20-11(17)8-10-14(13-12-8)9(16)6-4-5(15(18)19)2-3-7(6)21-10/h2-4,9,16H,1H3. The number of aliphatic hydroxyl groups is 1. The van der Waals surface area contributed by atoms with Crippen molar-refractivity contribution in [2.24, 2.45) is 0 Å². The summed E-state index contributed by atoms with van der Waals surface area (Å²) in [5.41, 5.74) is 0.193. The van der Waals surface area contributed by atoms with Gasteiger partial charge in [0.2, 0.25) is 5.69 Å². The molecule has 1 atom stereocenters. The zero-order chi connectivity index (χ0) is 15.1. The molecule has 21 heavy (non-hydrogen) atoms. The van der Waals surface area contributed by atoms with Crippen LogP contribution in [-0.2, 0) is 4.74 Å². The van der Waals surface area contributed by atoms with E-state index >= 15 is 0 Å². The monoisotopic (exact) mass is 308 g/mol. The van der Waals surface area contributed by atoms with Crippen molar-refractivity contribution in [1.82, 2.24) is 15.0 Å². The molecule has 0 radical (unpaired) electrons. The van der Waals surface area contributed by atoms with Crippen molar-refractivity contribution >= 4 is 23.4 Å². The lowest BCUT2D eigenvalue weighted by molar-refractivity contribution is -0.385. The number of nitro groups is 1. The number of benzene rings is 1. The van der Waals surface area contributed by atoms with Gasteiger partial charge in [0, 0.05) is 22.6 Å². The van der Waals surface area contributed by atoms with Gasteiger partial charge in [0.15, 0.2) is 6.23 Å². The molecule has 0 fully saturated rings. The van der Waals surface area contributed by atoms with Gasteiger partial charge in [-0.1, -0.05) is 17.0 Å². The molecule has 1 aromatic heterocycles. The Morgan fingerprint density at radius 1 is 1.57 bits per heavy atom. The van der Waals surface area contributed by atoms with Gasteiger partial charge < -0.3 is 9.84 Å². The molecule has 3 rings (SSSR count). The van der Waals surface area contributed by atoms with Gasteiger partial charge in [-0.2, -0.15) is 0 Å². The summed E-state index contributed by atoms with van der Waals surface area (Å²) in [6.07, 6.45) is -1.25. The molecular formula is C11H8N4O5S. The predicted octanol–water partition coefficient (Wildman–Crippen LogP) is 0.977. The molecule has 9 nitrogen and oxygen atoms in total. The number of carbonyl (C=O) groups excluding carboxylic acids is 1. The minimum Gasteiger partial charge on any atom is -0.464 e. The van der Waals surface area contributed by atoms with E-state index in [0.29, 0.717) is 15.5 Å². The number of methoxy groups -OCH3 is 1. The van der Waals surface area contributed by atoms with Crippen molar-refractivity contribution < 1.29 is 19.6 Å². The quantitative estimate of drug-likeness (QED) is 0.495. The number of nitro benzene ring substituents is 1. The highest BCUT2D eigenvalue weighted by Crippen LogP contribution is 2.42. The number of esters is 1. The van der Waals surface area contributed by atoms with Gasteiger partial charge in [0.25, 0.3) is 5.69 Å². The lowest BCUT2D eigenvalue weighted by Crippen LogP contribution is -2.18. The van der Waals surface area contributed by atoms with Gasteiger partial charge in [-0.25, -0.2) is 9.48 Å². The summed E-state index contributed by atoms with van der Waals surface area (Å²) in [7, 11) is 1.22. The van der Waals surface area contributed by atoms with Crippen LogP contribution < -0.4 is 0 Å². The van der Waals surface area contributed by atoms with Crippen molar-refractivity contribution in [2.45, 2.75) is 16.1 Å². The first-order valence-electron chi connectivity index (χ1n) is 5.70. The highest BCUT2D eigenvalue weighted by Gasteiger charge is 2.32. The number of ether oxygens (including phenoxy) is 1. The topological polar surface area (TPSA) is 120 Å². The first kappa shape index (κ1) is 13.5. The number of aromatic nitrogens is 3. The average molecular weight is 308 g/mol. The zero-order valence-corrected chi connectivity index (χ0v) is 11.4. The van der Waals surface area contributed by atoms with E-state index in [0.717, 1.165) is 16.4 Å². The van der Waals surface area contributed by atoms with Gasteiger partial charge >= 0.3 is 5.97 Å². The number of rotatable bonds is 2. The number of non-ortho nitro benzene ring substituents is 1. The van der Waals surface area contributed by atoms with E-state index in [-0.39, 0.29) is 11.4 Å². The molecule has 0 saturated heterocycles. The van der Waals surface area contributed by atoms with Gasteiger partial charge in [0.1, 0.15) is 5.03 Å². The van der Waals surface area contributed by atoms with Crippen LogP contribution in [0.15, 0.2) is 28.1 Å². The van der Waals surface area contributed by atoms with Crippen LogP contribution in [0.5, 0.6) is 0 Å². The predicted molar refractivity (Wildman–Crippen MR) is 68.9 cm³/mol. The largest absolute Gasteiger partial charge is 0.464 e. The molecule has 108 valence electrons. The van der Waals surface area contributed by atoms with Gasteiger partial charge in [-0.3, -0.25) is 10.1 Å². The van der Waals surface area contributed by atoms with E-state index in [2.05, 4.69) is 15.0 Å². The number of hydrogen-bond acceptors (Lipinski definition) is 8. The lowest BCUT2D eigenvalue weighted by Gasteiger charge is -2.21. The van der Waals surface area contributed by atoms with Gasteiger partial charge in [-0.15, -0.1) is 5.10 Å². The number of nitrogens with zero attached hydrogens (tertiary/aromatic N) is 4. The normalized spacial score (nSPS) is 16.0. The fourth-order valence-corrected chi connectivity index (χ4v) is 3.02. The van der Waals surface area contributed by atoms with E-state index in [4.69, 9.17) is 0 Å². The molecule has 1 aliphatic heterocycles. The summed E-state index contributed by atoms with van der Waals surface area (Å²) in [6, 6.07) is 4.12. The molecule has 1 aliphatic rings. The summed E-state index contributed by atoms with van der Waals surface area (Å²) >= 11 is 1.14. The van der Waals surface area contributed by atoms with E-state index < -0.39 is 17.1 Å². The fraction of sp³-hybridized carbons (Fsp3) is 0.182. The molecule has 0 saturated carbocycles. The van der Waals surface area contributed by atoms with E-state index in [1.807, 2.05) is 0 Å². The third-order valence-electron chi connectivity index (χ3n) is 2.95. The average Bonchev–Trinajstić information content (AvgIpc) is 2.90. The fourth-order valence-electron chi connectivity index (χ4n) is 1.94. The first-order valence-corrected chi connectivity index (χ1v) is 6.52. The van der Waals surface area contributed by atoms with E-state index in [9.17, 15) is 20.0 Å². The van der Waals surface area contributed by atoms with Crippen LogP contribution >= 0.6 is 11.8 Å². The second-order valence-electron chi connectivity index (χ2n) is 4.13. The van der Waals surface area contributed by atoms with Crippen molar-refractivity contribution in [2.75, 3.05) is 7.11 Å². The Kier molecular flexibility index (Phi) is 3.11. The first-order chi connectivity index (χ1) is 10.0. The van der Waals surface area contributed by atoms with Crippen molar-refractivity contribution in [3.8, 4) is 0 Å². The van der Waals surface area contributed by atoms with E-state index in [1.54, 1.807) is 0 Å². The molecule has 0 aliphatic carbocycles. The maximum atomic E-state index is 11.6. The number of hydrogen-bond donors (Lipinski definition) is 1. The molecule has 2 aromatic rings. The Balaban J connectivity index is 2.09. The summed E-state index contributed by atoms with van der Waals surface area (Å²) in [4.78, 5) is 22.4. The minimum atomic E-state index is -1.25. The molecule has 0 amide bonds.